The Bertz CT molecular complexity index is 484. The smallest absolute Gasteiger partial charge is 0.236 e. The molecule has 1 aromatic rings. The molecule has 1 heterocycles. The molecule has 17 heavy (non-hydrogen) atoms. The lowest BCUT2D eigenvalue weighted by atomic mass is 10.2. The maximum Gasteiger partial charge on any atom is 0.236 e. The third kappa shape index (κ3) is 2.95. The molecular formula is C11H15FN2O2S. The molecule has 1 aliphatic heterocycles. The quantitative estimate of drug-likeness (QED) is 0.859. The zero-order valence-electron chi connectivity index (χ0n) is 9.32. The van der Waals surface area contributed by atoms with Gasteiger partial charge in [0.15, 0.2) is 0 Å². The van der Waals surface area contributed by atoms with Crippen LogP contribution in [0.15, 0.2) is 24.3 Å². The summed E-state index contributed by atoms with van der Waals surface area (Å²) in [6, 6.07) is 5.77. The molecular weight excluding hydrogens is 243 g/mol. The Morgan fingerprint density at radius 3 is 2.76 bits per heavy atom. The Hall–Kier alpha value is -1.14. The van der Waals surface area contributed by atoms with E-state index in [-0.39, 0.29) is 5.69 Å². The van der Waals surface area contributed by atoms with Crippen LogP contribution in [0.25, 0.3) is 0 Å². The molecule has 1 unspecified atom stereocenters. The molecule has 6 heteroatoms. The number of rotatable bonds is 3. The van der Waals surface area contributed by atoms with E-state index in [1.807, 2.05) is 0 Å². The second kappa shape index (κ2) is 5.01. The van der Waals surface area contributed by atoms with E-state index in [1.165, 1.54) is 18.2 Å². The summed E-state index contributed by atoms with van der Waals surface area (Å²) < 4.78 is 39.6. The molecule has 1 aromatic carbocycles. The predicted molar refractivity (Wildman–Crippen MR) is 64.8 cm³/mol. The van der Waals surface area contributed by atoms with E-state index < -0.39 is 21.1 Å². The van der Waals surface area contributed by atoms with E-state index in [9.17, 15) is 12.8 Å². The largest absolute Gasteiger partial charge is 0.315 e. The SMILES string of the molecule is O=S(=O)(Nc1ccccc1F)C1CCCNC1. The van der Waals surface area contributed by atoms with Crippen molar-refractivity contribution in [3.63, 3.8) is 0 Å². The van der Waals surface area contributed by atoms with Crippen LogP contribution in [0.2, 0.25) is 0 Å². The van der Waals surface area contributed by atoms with Crippen LogP contribution in [0.4, 0.5) is 10.1 Å². The lowest BCUT2D eigenvalue weighted by molar-refractivity contribution is 0.499. The maximum absolute atomic E-state index is 13.3. The van der Waals surface area contributed by atoms with Crippen molar-refractivity contribution in [1.82, 2.24) is 5.32 Å². The Balaban J connectivity index is 2.14. The van der Waals surface area contributed by atoms with Gasteiger partial charge < -0.3 is 5.32 Å². The number of piperidine rings is 1. The molecule has 4 nitrogen and oxygen atoms in total. The van der Waals surface area contributed by atoms with Gasteiger partial charge in [-0.2, -0.15) is 0 Å². The fourth-order valence-electron chi connectivity index (χ4n) is 1.87. The average Bonchev–Trinajstić information content (AvgIpc) is 2.33. The molecule has 1 aliphatic rings. The molecule has 2 N–H and O–H groups in total. The highest BCUT2D eigenvalue weighted by Gasteiger charge is 2.27. The monoisotopic (exact) mass is 258 g/mol. The van der Waals surface area contributed by atoms with Gasteiger partial charge in [0.25, 0.3) is 0 Å². The van der Waals surface area contributed by atoms with Crippen LogP contribution in [0.5, 0.6) is 0 Å². The molecule has 94 valence electrons. The van der Waals surface area contributed by atoms with Gasteiger partial charge in [-0.05, 0) is 31.5 Å². The van der Waals surface area contributed by atoms with E-state index in [0.717, 1.165) is 13.0 Å². The number of benzene rings is 1. The number of para-hydroxylation sites is 1. The first-order chi connectivity index (χ1) is 8.09. The molecule has 0 amide bonds. The van der Waals surface area contributed by atoms with E-state index in [1.54, 1.807) is 6.07 Å². The van der Waals surface area contributed by atoms with Gasteiger partial charge in [0, 0.05) is 6.54 Å². The van der Waals surface area contributed by atoms with Crippen molar-refractivity contribution in [1.29, 1.82) is 0 Å². The van der Waals surface area contributed by atoms with Crippen molar-refractivity contribution in [2.75, 3.05) is 17.8 Å². The van der Waals surface area contributed by atoms with Crippen molar-refractivity contribution in [2.45, 2.75) is 18.1 Å². The zero-order chi connectivity index (χ0) is 12.3. The van der Waals surface area contributed by atoms with Gasteiger partial charge in [-0.3, -0.25) is 4.72 Å². The Labute approximate surface area is 100 Å². The maximum atomic E-state index is 13.3. The van der Waals surface area contributed by atoms with Crippen molar-refractivity contribution in [3.05, 3.63) is 30.1 Å². The molecule has 0 aliphatic carbocycles. The summed E-state index contributed by atoms with van der Waals surface area (Å²) in [5, 5.41) is 2.54. The Kier molecular flexibility index (Phi) is 3.63. The minimum Gasteiger partial charge on any atom is -0.315 e. The fourth-order valence-corrected chi connectivity index (χ4v) is 3.32. The minimum atomic E-state index is -3.51. The van der Waals surface area contributed by atoms with Crippen LogP contribution in [0, 0.1) is 5.82 Å². The molecule has 0 aromatic heterocycles. The first kappa shape index (κ1) is 12.3. The van der Waals surface area contributed by atoms with Crippen molar-refractivity contribution in [3.8, 4) is 0 Å². The number of hydrogen-bond donors (Lipinski definition) is 2. The molecule has 1 saturated heterocycles. The number of hydrogen-bond acceptors (Lipinski definition) is 3. The second-order valence-electron chi connectivity index (χ2n) is 4.10. The van der Waals surface area contributed by atoms with Gasteiger partial charge in [0.1, 0.15) is 5.82 Å². The summed E-state index contributed by atoms with van der Waals surface area (Å²) in [5.74, 6) is -0.556. The molecule has 1 atom stereocenters. The first-order valence-electron chi connectivity index (χ1n) is 5.56. The van der Waals surface area contributed by atoms with Crippen molar-refractivity contribution in [2.24, 2.45) is 0 Å². The summed E-state index contributed by atoms with van der Waals surface area (Å²) in [4.78, 5) is 0. The van der Waals surface area contributed by atoms with Crippen LogP contribution in [0.1, 0.15) is 12.8 Å². The summed E-state index contributed by atoms with van der Waals surface area (Å²) >= 11 is 0. The highest BCUT2D eigenvalue weighted by Crippen LogP contribution is 2.18. The number of halogens is 1. The molecule has 0 saturated carbocycles. The lowest BCUT2D eigenvalue weighted by Crippen LogP contribution is -2.41. The van der Waals surface area contributed by atoms with Crippen LogP contribution in [-0.4, -0.2) is 26.8 Å². The number of sulfonamides is 1. The molecule has 0 bridgehead atoms. The molecule has 2 rings (SSSR count). The second-order valence-corrected chi connectivity index (χ2v) is 6.06. The number of nitrogens with one attached hydrogen (secondary N) is 2. The first-order valence-corrected chi connectivity index (χ1v) is 7.11. The van der Waals surface area contributed by atoms with Crippen molar-refractivity contribution >= 4 is 15.7 Å². The minimum absolute atomic E-state index is 0.0121. The number of anilines is 1. The van der Waals surface area contributed by atoms with Gasteiger partial charge >= 0.3 is 0 Å². The Morgan fingerprint density at radius 1 is 1.35 bits per heavy atom. The summed E-state index contributed by atoms with van der Waals surface area (Å²) in [7, 11) is -3.51. The highest BCUT2D eigenvalue weighted by molar-refractivity contribution is 7.93. The fraction of sp³-hybridized carbons (Fsp3) is 0.455. The zero-order valence-corrected chi connectivity index (χ0v) is 10.1. The standard InChI is InChI=1S/C11H15FN2O2S/c12-10-5-1-2-6-11(10)14-17(15,16)9-4-3-7-13-8-9/h1-2,5-6,9,13-14H,3-4,7-8H2. The Morgan fingerprint density at radius 2 is 2.12 bits per heavy atom. The van der Waals surface area contributed by atoms with E-state index in [0.29, 0.717) is 13.0 Å². The van der Waals surface area contributed by atoms with Gasteiger partial charge in [-0.15, -0.1) is 0 Å². The van der Waals surface area contributed by atoms with E-state index in [4.69, 9.17) is 0 Å². The van der Waals surface area contributed by atoms with Crippen LogP contribution in [-0.2, 0) is 10.0 Å². The van der Waals surface area contributed by atoms with Crippen LogP contribution >= 0.6 is 0 Å². The highest BCUT2D eigenvalue weighted by atomic mass is 32.2. The van der Waals surface area contributed by atoms with Gasteiger partial charge in [0.2, 0.25) is 10.0 Å². The molecule has 0 radical (unpaired) electrons. The average molecular weight is 258 g/mol. The van der Waals surface area contributed by atoms with Crippen LogP contribution < -0.4 is 10.0 Å². The van der Waals surface area contributed by atoms with Crippen LogP contribution in [0.3, 0.4) is 0 Å². The predicted octanol–water partition coefficient (Wildman–Crippen LogP) is 1.32. The third-order valence-electron chi connectivity index (χ3n) is 2.82. The lowest BCUT2D eigenvalue weighted by Gasteiger charge is -2.23. The summed E-state index contributed by atoms with van der Waals surface area (Å²) in [6.07, 6.45) is 1.43. The normalized spacial score (nSPS) is 21.1. The third-order valence-corrected chi connectivity index (χ3v) is 4.60. The van der Waals surface area contributed by atoms with Gasteiger partial charge in [0.05, 0.1) is 10.9 Å². The summed E-state index contributed by atoms with van der Waals surface area (Å²) in [5.41, 5.74) is 0.0121. The molecule has 1 fully saturated rings. The summed E-state index contributed by atoms with van der Waals surface area (Å²) in [6.45, 7) is 1.26. The topological polar surface area (TPSA) is 58.2 Å². The molecule has 0 spiro atoms. The van der Waals surface area contributed by atoms with E-state index in [2.05, 4.69) is 10.0 Å². The van der Waals surface area contributed by atoms with Gasteiger partial charge in [-0.25, -0.2) is 12.8 Å². The van der Waals surface area contributed by atoms with E-state index >= 15 is 0 Å². The van der Waals surface area contributed by atoms with Crippen molar-refractivity contribution < 1.29 is 12.8 Å². The van der Waals surface area contributed by atoms with Gasteiger partial charge in [-0.1, -0.05) is 12.1 Å².